The van der Waals surface area contributed by atoms with Gasteiger partial charge in [-0.15, -0.1) is 0 Å². The van der Waals surface area contributed by atoms with Gasteiger partial charge < -0.3 is 0 Å². The first kappa shape index (κ1) is 11.6. The summed E-state index contributed by atoms with van der Waals surface area (Å²) in [5, 5.41) is 0. The van der Waals surface area contributed by atoms with Crippen molar-refractivity contribution in [2.45, 2.75) is 51.4 Å². The molecule has 1 saturated carbocycles. The number of hydrogen-bond donors (Lipinski definition) is 0. The molecule has 1 aliphatic rings. The predicted octanol–water partition coefficient (Wildman–Crippen LogP) is 4.63. The SMILES string of the molecule is Cc1cc(C(C)C)ccc1C1CC(F)(F)C1. The molecule has 0 atom stereocenters. The standard InChI is InChI=1S/C14H18F2/c1-9(2)11-4-5-13(10(3)6-11)12-7-14(15,16)8-12/h4-6,9,12H,7-8H2,1-3H3. The van der Waals surface area contributed by atoms with E-state index in [9.17, 15) is 8.78 Å². The molecule has 1 aromatic carbocycles. The Morgan fingerprint density at radius 2 is 1.88 bits per heavy atom. The number of aryl methyl sites for hydroxylation is 1. The summed E-state index contributed by atoms with van der Waals surface area (Å²) in [5.41, 5.74) is 3.55. The molecule has 0 saturated heterocycles. The van der Waals surface area contributed by atoms with E-state index in [1.54, 1.807) is 0 Å². The van der Waals surface area contributed by atoms with E-state index in [0.717, 1.165) is 11.1 Å². The van der Waals surface area contributed by atoms with Crippen molar-refractivity contribution < 1.29 is 8.78 Å². The molecule has 0 heterocycles. The van der Waals surface area contributed by atoms with E-state index in [0.29, 0.717) is 5.92 Å². The lowest BCUT2D eigenvalue weighted by Gasteiger charge is -2.36. The van der Waals surface area contributed by atoms with Crippen LogP contribution >= 0.6 is 0 Å². The number of rotatable bonds is 2. The van der Waals surface area contributed by atoms with Crippen LogP contribution in [0.3, 0.4) is 0 Å². The minimum absolute atomic E-state index is 0.0227. The lowest BCUT2D eigenvalue weighted by Crippen LogP contribution is -2.34. The molecule has 0 bridgehead atoms. The summed E-state index contributed by atoms with van der Waals surface area (Å²) in [6.07, 6.45) is 0.0454. The molecule has 0 unspecified atom stereocenters. The lowest BCUT2D eigenvalue weighted by atomic mass is 9.75. The van der Waals surface area contributed by atoms with Crippen LogP contribution < -0.4 is 0 Å². The van der Waals surface area contributed by atoms with Gasteiger partial charge in [-0.1, -0.05) is 32.0 Å². The molecule has 0 aliphatic heterocycles. The molecule has 2 rings (SSSR count). The zero-order valence-corrected chi connectivity index (χ0v) is 10.1. The third-order valence-electron chi connectivity index (χ3n) is 3.49. The van der Waals surface area contributed by atoms with Gasteiger partial charge in [0.25, 0.3) is 0 Å². The minimum atomic E-state index is -2.42. The van der Waals surface area contributed by atoms with Crippen molar-refractivity contribution in [3.05, 3.63) is 34.9 Å². The van der Waals surface area contributed by atoms with Crippen LogP contribution in [0.2, 0.25) is 0 Å². The van der Waals surface area contributed by atoms with Gasteiger partial charge in [0.1, 0.15) is 0 Å². The third-order valence-corrected chi connectivity index (χ3v) is 3.49. The molecule has 0 amide bonds. The Kier molecular flexibility index (Phi) is 2.77. The molecule has 0 spiro atoms. The van der Waals surface area contributed by atoms with E-state index in [1.165, 1.54) is 5.56 Å². The summed E-state index contributed by atoms with van der Waals surface area (Å²) in [6.45, 7) is 6.32. The Morgan fingerprint density at radius 3 is 2.31 bits per heavy atom. The first-order valence-electron chi connectivity index (χ1n) is 5.87. The molecular weight excluding hydrogens is 206 g/mol. The summed E-state index contributed by atoms with van der Waals surface area (Å²) in [4.78, 5) is 0. The molecule has 1 aliphatic carbocycles. The van der Waals surface area contributed by atoms with E-state index >= 15 is 0 Å². The highest BCUT2D eigenvalue weighted by molar-refractivity contribution is 5.36. The Hall–Kier alpha value is -0.920. The van der Waals surface area contributed by atoms with Crippen molar-refractivity contribution in [1.29, 1.82) is 0 Å². The molecule has 0 N–H and O–H groups in total. The van der Waals surface area contributed by atoms with Gasteiger partial charge in [0, 0.05) is 12.8 Å². The average molecular weight is 224 g/mol. The molecule has 0 radical (unpaired) electrons. The number of alkyl halides is 2. The van der Waals surface area contributed by atoms with Gasteiger partial charge in [0.05, 0.1) is 0 Å². The molecule has 2 heteroatoms. The normalized spacial score (nSPS) is 19.9. The molecule has 0 aromatic heterocycles. The fraction of sp³-hybridized carbons (Fsp3) is 0.571. The average Bonchev–Trinajstić information content (AvgIpc) is 2.13. The lowest BCUT2D eigenvalue weighted by molar-refractivity contribution is -0.0868. The van der Waals surface area contributed by atoms with Crippen molar-refractivity contribution in [3.8, 4) is 0 Å². The van der Waals surface area contributed by atoms with Crippen molar-refractivity contribution in [2.24, 2.45) is 0 Å². The number of benzene rings is 1. The first-order chi connectivity index (χ1) is 7.39. The highest BCUT2D eigenvalue weighted by Crippen LogP contribution is 2.49. The monoisotopic (exact) mass is 224 g/mol. The van der Waals surface area contributed by atoms with Gasteiger partial charge in [0.15, 0.2) is 0 Å². The summed E-state index contributed by atoms with van der Waals surface area (Å²) < 4.78 is 25.6. The van der Waals surface area contributed by atoms with Crippen LogP contribution in [-0.4, -0.2) is 5.92 Å². The van der Waals surface area contributed by atoms with Crippen LogP contribution in [0, 0.1) is 6.92 Å². The smallest absolute Gasteiger partial charge is 0.207 e. The maximum absolute atomic E-state index is 12.8. The van der Waals surface area contributed by atoms with Crippen molar-refractivity contribution in [1.82, 2.24) is 0 Å². The fourth-order valence-corrected chi connectivity index (χ4v) is 2.40. The summed E-state index contributed by atoms with van der Waals surface area (Å²) in [7, 11) is 0. The van der Waals surface area contributed by atoms with Gasteiger partial charge in [-0.3, -0.25) is 0 Å². The maximum atomic E-state index is 12.8. The molecule has 1 fully saturated rings. The number of hydrogen-bond acceptors (Lipinski definition) is 0. The second kappa shape index (κ2) is 3.83. The Morgan fingerprint density at radius 1 is 1.25 bits per heavy atom. The molecule has 0 nitrogen and oxygen atoms in total. The van der Waals surface area contributed by atoms with Crippen molar-refractivity contribution in [2.75, 3.05) is 0 Å². The maximum Gasteiger partial charge on any atom is 0.249 e. The molecule has 1 aromatic rings. The van der Waals surface area contributed by atoms with Crippen LogP contribution in [0.1, 0.15) is 55.2 Å². The van der Waals surface area contributed by atoms with E-state index in [1.807, 2.05) is 13.0 Å². The highest BCUT2D eigenvalue weighted by atomic mass is 19.3. The summed E-state index contributed by atoms with van der Waals surface area (Å²) in [6, 6.07) is 6.24. The van der Waals surface area contributed by atoms with E-state index < -0.39 is 5.92 Å². The Balaban J connectivity index is 2.18. The van der Waals surface area contributed by atoms with Gasteiger partial charge in [0.2, 0.25) is 5.92 Å². The second-order valence-corrected chi connectivity index (χ2v) is 5.23. The third kappa shape index (κ3) is 2.11. The summed E-state index contributed by atoms with van der Waals surface area (Å²) in [5.74, 6) is -1.86. The van der Waals surface area contributed by atoms with Gasteiger partial charge in [-0.25, -0.2) is 8.78 Å². The topological polar surface area (TPSA) is 0 Å². The van der Waals surface area contributed by atoms with Gasteiger partial charge in [-0.2, -0.15) is 0 Å². The molecule has 88 valence electrons. The van der Waals surface area contributed by atoms with Gasteiger partial charge in [-0.05, 0) is 35.4 Å². The van der Waals surface area contributed by atoms with Crippen LogP contribution in [0.4, 0.5) is 8.78 Å². The zero-order chi connectivity index (χ0) is 11.9. The first-order valence-corrected chi connectivity index (χ1v) is 5.87. The highest BCUT2D eigenvalue weighted by Gasteiger charge is 2.46. The van der Waals surface area contributed by atoms with Crippen LogP contribution in [0.25, 0.3) is 0 Å². The van der Waals surface area contributed by atoms with Gasteiger partial charge >= 0.3 is 0 Å². The van der Waals surface area contributed by atoms with Crippen LogP contribution in [0.5, 0.6) is 0 Å². The van der Waals surface area contributed by atoms with Crippen LogP contribution in [0.15, 0.2) is 18.2 Å². The summed E-state index contributed by atoms with van der Waals surface area (Å²) >= 11 is 0. The molecular formula is C14H18F2. The quantitative estimate of drug-likeness (QED) is 0.687. The van der Waals surface area contributed by atoms with E-state index in [4.69, 9.17) is 0 Å². The fourth-order valence-electron chi connectivity index (χ4n) is 2.40. The van der Waals surface area contributed by atoms with Crippen LogP contribution in [-0.2, 0) is 0 Å². The largest absolute Gasteiger partial charge is 0.249 e. The van der Waals surface area contributed by atoms with E-state index in [-0.39, 0.29) is 18.8 Å². The Bertz CT molecular complexity index is 386. The number of halogens is 2. The molecule has 16 heavy (non-hydrogen) atoms. The van der Waals surface area contributed by atoms with Crippen molar-refractivity contribution >= 4 is 0 Å². The minimum Gasteiger partial charge on any atom is -0.207 e. The Labute approximate surface area is 95.7 Å². The van der Waals surface area contributed by atoms with E-state index in [2.05, 4.69) is 26.0 Å². The van der Waals surface area contributed by atoms with Crippen molar-refractivity contribution in [3.63, 3.8) is 0 Å². The predicted molar refractivity (Wildman–Crippen MR) is 62.2 cm³/mol. The second-order valence-electron chi connectivity index (χ2n) is 5.23. The zero-order valence-electron chi connectivity index (χ0n) is 10.1.